The molecule has 1 aromatic rings. The lowest BCUT2D eigenvalue weighted by Crippen LogP contribution is -2.67. The number of anilines is 1. The number of hydrogen-bond acceptors (Lipinski definition) is 2. The van der Waals surface area contributed by atoms with E-state index in [0.29, 0.717) is 0 Å². The summed E-state index contributed by atoms with van der Waals surface area (Å²) < 4.78 is 0. The van der Waals surface area contributed by atoms with Crippen LogP contribution in [0.4, 0.5) is 5.69 Å². The Morgan fingerprint density at radius 2 is 1.62 bits per heavy atom. The molecular weight excluding hydrogens is 264 g/mol. The Morgan fingerprint density at radius 3 is 2.24 bits per heavy atom. The molecule has 4 nitrogen and oxygen atoms in total. The van der Waals surface area contributed by atoms with Crippen LogP contribution in [0, 0.1) is 13.8 Å². The highest BCUT2D eigenvalue weighted by Gasteiger charge is 2.47. The van der Waals surface area contributed by atoms with Gasteiger partial charge in [0.25, 0.3) is 5.91 Å². The molecule has 1 aliphatic carbocycles. The molecule has 0 bridgehead atoms. The first-order chi connectivity index (χ1) is 10.00. The molecule has 1 spiro atoms. The topological polar surface area (TPSA) is 49.4 Å². The minimum atomic E-state index is -0.661. The average molecular weight is 286 g/mol. The molecule has 2 fully saturated rings. The molecule has 21 heavy (non-hydrogen) atoms. The summed E-state index contributed by atoms with van der Waals surface area (Å²) in [5, 5.41) is 2.98. The molecule has 0 atom stereocenters. The Kier molecular flexibility index (Phi) is 3.47. The van der Waals surface area contributed by atoms with Crippen molar-refractivity contribution >= 4 is 17.5 Å². The Bertz CT molecular complexity index is 568. The molecule has 1 N–H and O–H groups in total. The largest absolute Gasteiger partial charge is 0.340 e. The van der Waals surface area contributed by atoms with Crippen molar-refractivity contribution in [2.75, 3.05) is 11.4 Å². The van der Waals surface area contributed by atoms with Crippen molar-refractivity contribution in [3.05, 3.63) is 29.3 Å². The van der Waals surface area contributed by atoms with E-state index in [1.807, 2.05) is 26.0 Å². The number of carbonyl (C=O) groups excluding carboxylic acids is 2. The van der Waals surface area contributed by atoms with Crippen LogP contribution in [0.15, 0.2) is 18.2 Å². The lowest BCUT2D eigenvalue weighted by atomic mass is 9.79. The Labute approximate surface area is 125 Å². The quantitative estimate of drug-likeness (QED) is 0.862. The van der Waals surface area contributed by atoms with E-state index in [9.17, 15) is 9.59 Å². The van der Waals surface area contributed by atoms with Crippen molar-refractivity contribution in [2.45, 2.75) is 51.5 Å². The molecule has 1 aromatic carbocycles. The van der Waals surface area contributed by atoms with Gasteiger partial charge in [-0.2, -0.15) is 0 Å². The van der Waals surface area contributed by atoms with Gasteiger partial charge in [0.1, 0.15) is 12.1 Å². The maximum Gasteiger partial charge on any atom is 0.253 e. The second-order valence-electron chi connectivity index (χ2n) is 6.43. The van der Waals surface area contributed by atoms with E-state index in [-0.39, 0.29) is 18.4 Å². The standard InChI is InChI=1S/C17H22N2O2/c1-12-8-13(2)10-14(9-12)19-11-15(20)18-17(16(19)21)6-4-3-5-7-17/h8-10H,3-7,11H2,1-2H3,(H,18,20). The van der Waals surface area contributed by atoms with Crippen LogP contribution in [0.25, 0.3) is 0 Å². The molecule has 2 aliphatic rings. The molecule has 1 saturated carbocycles. The average Bonchev–Trinajstić information content (AvgIpc) is 2.43. The van der Waals surface area contributed by atoms with Crippen molar-refractivity contribution in [3.8, 4) is 0 Å². The number of amides is 2. The number of benzene rings is 1. The first-order valence-electron chi connectivity index (χ1n) is 7.71. The summed E-state index contributed by atoms with van der Waals surface area (Å²) >= 11 is 0. The van der Waals surface area contributed by atoms with Crippen molar-refractivity contribution in [1.29, 1.82) is 0 Å². The highest BCUT2D eigenvalue weighted by molar-refractivity contribution is 6.09. The molecule has 1 aliphatic heterocycles. The number of carbonyl (C=O) groups is 2. The van der Waals surface area contributed by atoms with E-state index >= 15 is 0 Å². The van der Waals surface area contributed by atoms with E-state index in [0.717, 1.165) is 48.9 Å². The van der Waals surface area contributed by atoms with Crippen LogP contribution in [0.5, 0.6) is 0 Å². The lowest BCUT2D eigenvalue weighted by Gasteiger charge is -2.44. The smallest absolute Gasteiger partial charge is 0.253 e. The van der Waals surface area contributed by atoms with E-state index in [2.05, 4.69) is 11.4 Å². The Hall–Kier alpha value is -1.84. The molecule has 0 aromatic heterocycles. The van der Waals surface area contributed by atoms with Crippen LogP contribution in [-0.2, 0) is 9.59 Å². The molecule has 1 saturated heterocycles. The third-order valence-corrected chi connectivity index (χ3v) is 4.56. The third-order valence-electron chi connectivity index (χ3n) is 4.56. The highest BCUT2D eigenvalue weighted by atomic mass is 16.2. The van der Waals surface area contributed by atoms with Crippen LogP contribution >= 0.6 is 0 Å². The highest BCUT2D eigenvalue weighted by Crippen LogP contribution is 2.34. The van der Waals surface area contributed by atoms with Gasteiger partial charge in [-0.3, -0.25) is 9.59 Å². The zero-order valence-electron chi connectivity index (χ0n) is 12.7. The van der Waals surface area contributed by atoms with Crippen molar-refractivity contribution in [1.82, 2.24) is 5.32 Å². The minimum Gasteiger partial charge on any atom is -0.340 e. The molecule has 2 amide bonds. The maximum atomic E-state index is 13.0. The van der Waals surface area contributed by atoms with Crippen molar-refractivity contribution in [2.24, 2.45) is 0 Å². The molecule has 1 heterocycles. The first kappa shape index (κ1) is 14.1. The van der Waals surface area contributed by atoms with Crippen LogP contribution in [0.2, 0.25) is 0 Å². The van der Waals surface area contributed by atoms with Gasteiger partial charge in [0.15, 0.2) is 0 Å². The third kappa shape index (κ3) is 2.55. The van der Waals surface area contributed by atoms with Crippen LogP contribution in [-0.4, -0.2) is 23.9 Å². The zero-order valence-corrected chi connectivity index (χ0v) is 12.7. The van der Waals surface area contributed by atoms with Gasteiger partial charge in [-0.25, -0.2) is 0 Å². The van der Waals surface area contributed by atoms with Gasteiger partial charge in [0.2, 0.25) is 5.91 Å². The molecule has 4 heteroatoms. The van der Waals surface area contributed by atoms with Gasteiger partial charge in [-0.15, -0.1) is 0 Å². The summed E-state index contributed by atoms with van der Waals surface area (Å²) in [6.07, 6.45) is 4.69. The molecule has 0 unspecified atom stereocenters. The summed E-state index contributed by atoms with van der Waals surface area (Å²) in [6.45, 7) is 4.16. The number of nitrogens with zero attached hydrogens (tertiary/aromatic N) is 1. The first-order valence-corrected chi connectivity index (χ1v) is 7.71. The molecule has 112 valence electrons. The molecular formula is C17H22N2O2. The molecule has 3 rings (SSSR count). The number of piperazine rings is 1. The van der Waals surface area contributed by atoms with Crippen LogP contribution in [0.1, 0.15) is 43.2 Å². The van der Waals surface area contributed by atoms with Gasteiger partial charge in [0, 0.05) is 5.69 Å². The summed E-state index contributed by atoms with van der Waals surface area (Å²) in [4.78, 5) is 26.8. The maximum absolute atomic E-state index is 13.0. The van der Waals surface area contributed by atoms with Gasteiger partial charge < -0.3 is 10.2 Å². The van der Waals surface area contributed by atoms with E-state index in [1.54, 1.807) is 4.90 Å². The Balaban J connectivity index is 1.97. The van der Waals surface area contributed by atoms with Gasteiger partial charge in [-0.1, -0.05) is 25.3 Å². The second kappa shape index (κ2) is 5.17. The second-order valence-corrected chi connectivity index (χ2v) is 6.43. The number of rotatable bonds is 1. The normalized spacial score (nSPS) is 21.5. The molecule has 0 radical (unpaired) electrons. The summed E-state index contributed by atoms with van der Waals surface area (Å²) in [7, 11) is 0. The fourth-order valence-corrected chi connectivity index (χ4v) is 3.64. The van der Waals surface area contributed by atoms with E-state index in [4.69, 9.17) is 0 Å². The predicted octanol–water partition coefficient (Wildman–Crippen LogP) is 2.47. The van der Waals surface area contributed by atoms with E-state index in [1.165, 1.54) is 0 Å². The van der Waals surface area contributed by atoms with Crippen molar-refractivity contribution in [3.63, 3.8) is 0 Å². The van der Waals surface area contributed by atoms with Crippen LogP contribution < -0.4 is 10.2 Å². The number of aryl methyl sites for hydroxylation is 2. The van der Waals surface area contributed by atoms with Crippen molar-refractivity contribution < 1.29 is 9.59 Å². The number of hydrogen-bond donors (Lipinski definition) is 1. The summed E-state index contributed by atoms with van der Waals surface area (Å²) in [5.41, 5.74) is 2.41. The van der Waals surface area contributed by atoms with Gasteiger partial charge >= 0.3 is 0 Å². The Morgan fingerprint density at radius 1 is 1.00 bits per heavy atom. The summed E-state index contributed by atoms with van der Waals surface area (Å²) in [5.74, 6) is 0.0162. The van der Waals surface area contributed by atoms with Gasteiger partial charge in [0.05, 0.1) is 0 Å². The van der Waals surface area contributed by atoms with Crippen LogP contribution in [0.3, 0.4) is 0 Å². The fourth-order valence-electron chi connectivity index (χ4n) is 3.64. The minimum absolute atomic E-state index is 0.0457. The van der Waals surface area contributed by atoms with E-state index < -0.39 is 5.54 Å². The number of nitrogens with one attached hydrogen (secondary N) is 1. The zero-order chi connectivity index (χ0) is 15.0. The monoisotopic (exact) mass is 286 g/mol. The lowest BCUT2D eigenvalue weighted by molar-refractivity contribution is -0.137. The summed E-state index contributed by atoms with van der Waals surface area (Å²) in [6, 6.07) is 6.05. The van der Waals surface area contributed by atoms with Gasteiger partial charge in [-0.05, 0) is 49.9 Å². The SMILES string of the molecule is Cc1cc(C)cc(N2CC(=O)NC3(CCCCC3)C2=O)c1. The predicted molar refractivity (Wildman–Crippen MR) is 82.2 cm³/mol. The fraction of sp³-hybridized carbons (Fsp3) is 0.529.